The summed E-state index contributed by atoms with van der Waals surface area (Å²) in [6.07, 6.45) is 0. The SMILES string of the molecule is Cc1cccc(N2CCN(c3nc(N4CCN(Cc5ccc(N(C)C)cc5)CC4)nc(N4CCOCC4)c3F)CC2)c1C. The van der Waals surface area contributed by atoms with Gasteiger partial charge >= 0.3 is 0 Å². The van der Waals surface area contributed by atoms with Crippen molar-refractivity contribution in [2.24, 2.45) is 0 Å². The second-order valence-electron chi connectivity index (χ2n) is 12.1. The van der Waals surface area contributed by atoms with Gasteiger partial charge in [0.25, 0.3) is 0 Å². The molecule has 0 unspecified atom stereocenters. The van der Waals surface area contributed by atoms with Crippen LogP contribution in [0.2, 0.25) is 0 Å². The fourth-order valence-corrected chi connectivity index (χ4v) is 6.25. The van der Waals surface area contributed by atoms with Crippen molar-refractivity contribution in [3.8, 4) is 0 Å². The van der Waals surface area contributed by atoms with Crippen molar-refractivity contribution in [1.29, 1.82) is 0 Å². The van der Waals surface area contributed by atoms with Crippen molar-refractivity contribution in [1.82, 2.24) is 14.9 Å². The molecule has 0 spiro atoms. The van der Waals surface area contributed by atoms with Gasteiger partial charge in [-0.05, 0) is 48.7 Å². The summed E-state index contributed by atoms with van der Waals surface area (Å²) in [6, 6.07) is 15.2. The third-order valence-corrected chi connectivity index (χ3v) is 9.13. The highest BCUT2D eigenvalue weighted by Gasteiger charge is 2.29. The minimum atomic E-state index is -0.314. The summed E-state index contributed by atoms with van der Waals surface area (Å²) in [5.41, 5.74) is 6.40. The minimum Gasteiger partial charge on any atom is -0.378 e. The third kappa shape index (κ3) is 6.50. The largest absolute Gasteiger partial charge is 0.378 e. The summed E-state index contributed by atoms with van der Waals surface area (Å²) in [7, 11) is 4.13. The standard InChI is InChI=1S/C33H45FN8O/c1-25-6-5-7-29(26(25)2)39-16-18-40(19-17-39)31-30(34)32(41-20-22-43-23-21-41)36-33(35-31)42-14-12-38(13-15-42)24-27-8-10-28(11-9-27)37(3)4/h5-11H,12-24H2,1-4H3. The van der Waals surface area contributed by atoms with Crippen molar-refractivity contribution in [3.05, 3.63) is 65.0 Å². The molecule has 0 saturated carbocycles. The first-order valence-corrected chi connectivity index (χ1v) is 15.6. The average molecular weight is 589 g/mol. The number of ether oxygens (including phenoxy) is 1. The fourth-order valence-electron chi connectivity index (χ4n) is 6.25. The van der Waals surface area contributed by atoms with E-state index >= 15 is 4.39 Å². The third-order valence-electron chi connectivity index (χ3n) is 9.13. The lowest BCUT2D eigenvalue weighted by Crippen LogP contribution is -2.49. The quantitative estimate of drug-likeness (QED) is 0.411. The van der Waals surface area contributed by atoms with Crippen LogP contribution in [0, 0.1) is 19.7 Å². The molecule has 0 amide bonds. The lowest BCUT2D eigenvalue weighted by atomic mass is 10.1. The lowest BCUT2D eigenvalue weighted by molar-refractivity contribution is 0.122. The van der Waals surface area contributed by atoms with Crippen LogP contribution in [0.5, 0.6) is 0 Å². The van der Waals surface area contributed by atoms with E-state index in [2.05, 4.69) is 94.9 Å². The second-order valence-corrected chi connectivity index (χ2v) is 12.1. The van der Waals surface area contributed by atoms with E-state index in [0.29, 0.717) is 57.0 Å². The molecule has 3 fully saturated rings. The molecule has 4 heterocycles. The number of morpholine rings is 1. The molecule has 3 aromatic rings. The molecule has 43 heavy (non-hydrogen) atoms. The molecule has 230 valence electrons. The van der Waals surface area contributed by atoms with E-state index in [1.165, 1.54) is 28.1 Å². The van der Waals surface area contributed by atoms with Crippen LogP contribution in [0.4, 0.5) is 33.3 Å². The van der Waals surface area contributed by atoms with E-state index < -0.39 is 0 Å². The number of aromatic nitrogens is 2. The molecule has 9 nitrogen and oxygen atoms in total. The molecule has 1 aromatic heterocycles. The monoisotopic (exact) mass is 588 g/mol. The fraction of sp³-hybridized carbons (Fsp3) is 0.515. The molecule has 10 heteroatoms. The molecule has 0 bridgehead atoms. The van der Waals surface area contributed by atoms with E-state index in [4.69, 9.17) is 14.7 Å². The topological polar surface area (TPSA) is 54.5 Å². The van der Waals surface area contributed by atoms with E-state index in [0.717, 1.165) is 45.8 Å². The zero-order chi connectivity index (χ0) is 29.9. The van der Waals surface area contributed by atoms with Gasteiger partial charge in [-0.2, -0.15) is 14.4 Å². The van der Waals surface area contributed by atoms with Crippen molar-refractivity contribution in [3.63, 3.8) is 0 Å². The predicted molar refractivity (Wildman–Crippen MR) is 174 cm³/mol. The maximum atomic E-state index is 16.2. The van der Waals surface area contributed by atoms with Crippen molar-refractivity contribution >= 4 is 29.0 Å². The van der Waals surface area contributed by atoms with Crippen LogP contribution in [0.1, 0.15) is 16.7 Å². The van der Waals surface area contributed by atoms with Crippen LogP contribution in [0.25, 0.3) is 0 Å². The van der Waals surface area contributed by atoms with Gasteiger partial charge in [0.2, 0.25) is 11.8 Å². The highest BCUT2D eigenvalue weighted by Crippen LogP contribution is 2.31. The van der Waals surface area contributed by atoms with Gasteiger partial charge in [-0.3, -0.25) is 4.90 Å². The molecule has 2 aromatic carbocycles. The number of anilines is 5. The molecule has 3 aliphatic rings. The summed E-state index contributed by atoms with van der Waals surface area (Å²) in [6.45, 7) is 14.2. The van der Waals surface area contributed by atoms with E-state index in [9.17, 15) is 0 Å². The van der Waals surface area contributed by atoms with E-state index in [-0.39, 0.29) is 5.82 Å². The van der Waals surface area contributed by atoms with Gasteiger partial charge in [0.05, 0.1) is 13.2 Å². The summed E-state index contributed by atoms with van der Waals surface area (Å²) in [4.78, 5) is 23.1. The van der Waals surface area contributed by atoms with E-state index in [1.807, 2.05) is 4.90 Å². The molecule has 6 rings (SSSR count). The Morgan fingerprint density at radius 2 is 1.30 bits per heavy atom. The van der Waals surface area contributed by atoms with Gasteiger partial charge in [0.15, 0.2) is 11.6 Å². The van der Waals surface area contributed by atoms with Crippen LogP contribution in [0.3, 0.4) is 0 Å². The molecule has 0 atom stereocenters. The molecule has 0 N–H and O–H groups in total. The van der Waals surface area contributed by atoms with Gasteiger partial charge in [0, 0.05) is 97.5 Å². The normalized spacial score (nSPS) is 18.3. The Hall–Kier alpha value is -3.63. The van der Waals surface area contributed by atoms with Crippen LogP contribution in [0.15, 0.2) is 42.5 Å². The number of halogens is 1. The summed E-state index contributed by atoms with van der Waals surface area (Å²) in [5, 5.41) is 0. The maximum absolute atomic E-state index is 16.2. The number of piperazine rings is 2. The summed E-state index contributed by atoms with van der Waals surface area (Å²) >= 11 is 0. The van der Waals surface area contributed by atoms with Crippen LogP contribution >= 0.6 is 0 Å². The number of hydrogen-bond donors (Lipinski definition) is 0. The first-order chi connectivity index (χ1) is 20.9. The van der Waals surface area contributed by atoms with Gasteiger partial charge in [-0.1, -0.05) is 24.3 Å². The zero-order valence-corrected chi connectivity index (χ0v) is 26.1. The molecule has 3 aliphatic heterocycles. The first kappa shape index (κ1) is 29.4. The molecular formula is C33H45FN8O. The van der Waals surface area contributed by atoms with Gasteiger partial charge < -0.3 is 29.2 Å². The zero-order valence-electron chi connectivity index (χ0n) is 26.1. The summed E-state index contributed by atoms with van der Waals surface area (Å²) < 4.78 is 21.8. The number of rotatable bonds is 7. The summed E-state index contributed by atoms with van der Waals surface area (Å²) in [5.74, 6) is 1.15. The molecule has 0 aliphatic carbocycles. The molecule has 0 radical (unpaired) electrons. The Bertz CT molecular complexity index is 1380. The van der Waals surface area contributed by atoms with Crippen molar-refractivity contribution in [2.75, 3.05) is 117 Å². The Morgan fingerprint density at radius 3 is 1.93 bits per heavy atom. The average Bonchev–Trinajstić information content (AvgIpc) is 3.04. The van der Waals surface area contributed by atoms with E-state index in [1.54, 1.807) is 0 Å². The Morgan fingerprint density at radius 1 is 0.721 bits per heavy atom. The first-order valence-electron chi connectivity index (χ1n) is 15.6. The van der Waals surface area contributed by atoms with Crippen LogP contribution in [-0.4, -0.2) is 108 Å². The van der Waals surface area contributed by atoms with Gasteiger partial charge in [0.1, 0.15) is 0 Å². The van der Waals surface area contributed by atoms with Gasteiger partial charge in [-0.25, -0.2) is 0 Å². The smallest absolute Gasteiger partial charge is 0.229 e. The number of hydrogen-bond acceptors (Lipinski definition) is 9. The number of benzene rings is 2. The second kappa shape index (κ2) is 12.9. The van der Waals surface area contributed by atoms with Crippen LogP contribution < -0.4 is 24.5 Å². The Labute approximate surface area is 255 Å². The minimum absolute atomic E-state index is 0.314. The molecular weight excluding hydrogens is 543 g/mol. The lowest BCUT2D eigenvalue weighted by Gasteiger charge is -2.39. The maximum Gasteiger partial charge on any atom is 0.229 e. The highest BCUT2D eigenvalue weighted by molar-refractivity contribution is 5.60. The van der Waals surface area contributed by atoms with Crippen molar-refractivity contribution in [2.45, 2.75) is 20.4 Å². The molecule has 3 saturated heterocycles. The Kier molecular flexibility index (Phi) is 8.85. The Balaban J connectivity index is 1.18. The predicted octanol–water partition coefficient (Wildman–Crippen LogP) is 3.78. The highest BCUT2D eigenvalue weighted by atomic mass is 19.1. The van der Waals surface area contributed by atoms with Crippen molar-refractivity contribution < 1.29 is 9.13 Å². The number of nitrogens with zero attached hydrogens (tertiary/aromatic N) is 8. The van der Waals surface area contributed by atoms with Crippen LogP contribution in [-0.2, 0) is 11.3 Å². The number of aryl methyl sites for hydroxylation is 1. The van der Waals surface area contributed by atoms with Gasteiger partial charge in [-0.15, -0.1) is 0 Å².